The Balaban J connectivity index is 1.54. The number of nitrogens with zero attached hydrogens (tertiary/aromatic N) is 2. The van der Waals surface area contributed by atoms with Gasteiger partial charge in [0.05, 0.1) is 39.2 Å². The van der Waals surface area contributed by atoms with Crippen LogP contribution in [0.1, 0.15) is 59.9 Å². The van der Waals surface area contributed by atoms with Crippen LogP contribution in [-0.2, 0) is 6.42 Å². The Bertz CT molecular complexity index is 1460. The van der Waals surface area contributed by atoms with E-state index < -0.39 is 0 Å². The highest BCUT2D eigenvalue weighted by atomic mass is 16.5. The second-order valence-electron chi connectivity index (χ2n) is 9.93. The fourth-order valence-corrected chi connectivity index (χ4v) is 5.19. The molecular formula is C33H37N3O5. The molecule has 0 aliphatic carbocycles. The summed E-state index contributed by atoms with van der Waals surface area (Å²) >= 11 is 0. The third kappa shape index (κ3) is 5.87. The molecule has 0 saturated carbocycles. The van der Waals surface area contributed by atoms with Crippen LogP contribution in [0, 0.1) is 0 Å². The van der Waals surface area contributed by atoms with E-state index in [1.165, 1.54) is 0 Å². The van der Waals surface area contributed by atoms with E-state index in [0.717, 1.165) is 52.3 Å². The molecule has 1 unspecified atom stereocenters. The number of benzene rings is 3. The van der Waals surface area contributed by atoms with Crippen molar-refractivity contribution in [2.75, 3.05) is 34.0 Å². The van der Waals surface area contributed by atoms with Crippen LogP contribution >= 0.6 is 0 Å². The number of hydrogen-bond acceptors (Lipinski definition) is 6. The number of nitrogens with one attached hydrogen (secondary N) is 1. The van der Waals surface area contributed by atoms with Gasteiger partial charge in [-0.1, -0.05) is 31.5 Å². The van der Waals surface area contributed by atoms with Gasteiger partial charge in [0.15, 0.2) is 11.5 Å². The molecule has 1 N–H and O–H groups in total. The van der Waals surface area contributed by atoms with E-state index in [-0.39, 0.29) is 11.9 Å². The van der Waals surface area contributed by atoms with Gasteiger partial charge < -0.3 is 23.8 Å². The summed E-state index contributed by atoms with van der Waals surface area (Å²) < 4.78 is 22.7. The molecule has 1 aliphatic rings. The van der Waals surface area contributed by atoms with Crippen molar-refractivity contribution < 1.29 is 23.7 Å². The van der Waals surface area contributed by atoms with E-state index >= 15 is 0 Å². The number of ether oxygens (including phenoxy) is 4. The lowest BCUT2D eigenvalue weighted by Gasteiger charge is -2.27. The highest BCUT2D eigenvalue weighted by Crippen LogP contribution is 2.45. The summed E-state index contributed by atoms with van der Waals surface area (Å²) in [6.45, 7) is 5.75. The molecule has 214 valence electrons. The van der Waals surface area contributed by atoms with E-state index in [9.17, 15) is 4.79 Å². The second kappa shape index (κ2) is 12.8. The van der Waals surface area contributed by atoms with E-state index in [1.54, 1.807) is 14.2 Å². The molecule has 1 atom stereocenters. The van der Waals surface area contributed by atoms with Crippen LogP contribution in [0.3, 0.4) is 0 Å². The Labute approximate surface area is 241 Å². The summed E-state index contributed by atoms with van der Waals surface area (Å²) in [5.41, 5.74) is 5.08. The maximum Gasteiger partial charge on any atom is 0.273 e. The lowest BCUT2D eigenvalue weighted by Crippen LogP contribution is -2.31. The first kappa shape index (κ1) is 28.1. The van der Waals surface area contributed by atoms with Crippen molar-refractivity contribution in [3.63, 3.8) is 0 Å². The quantitative estimate of drug-likeness (QED) is 0.191. The van der Waals surface area contributed by atoms with Gasteiger partial charge in [-0.2, -0.15) is 5.10 Å². The monoisotopic (exact) mass is 555 g/mol. The van der Waals surface area contributed by atoms with Crippen molar-refractivity contribution in [1.82, 2.24) is 15.1 Å². The van der Waals surface area contributed by atoms with Gasteiger partial charge in [0.2, 0.25) is 0 Å². The Kier molecular flexibility index (Phi) is 8.77. The molecule has 0 radical (unpaired) electrons. The van der Waals surface area contributed by atoms with Crippen LogP contribution in [0.2, 0.25) is 0 Å². The number of carbonyl (C=O) groups excluding carboxylic acids is 1. The number of hydrogen-bond donors (Lipinski definition) is 1. The number of aromatic nitrogens is 2. The van der Waals surface area contributed by atoms with Crippen LogP contribution in [0.15, 0.2) is 66.7 Å². The molecule has 0 bridgehead atoms. The zero-order valence-electron chi connectivity index (χ0n) is 24.1. The van der Waals surface area contributed by atoms with Crippen LogP contribution < -0.4 is 18.9 Å². The fourth-order valence-electron chi connectivity index (χ4n) is 5.19. The molecule has 0 saturated heterocycles. The van der Waals surface area contributed by atoms with Crippen LogP contribution in [0.25, 0.3) is 11.3 Å². The molecule has 0 spiro atoms. The summed E-state index contributed by atoms with van der Waals surface area (Å²) in [4.78, 5) is 15.8. The molecule has 1 amide bonds. The van der Waals surface area contributed by atoms with Gasteiger partial charge in [-0.3, -0.25) is 9.89 Å². The molecule has 1 aliphatic heterocycles. The first-order valence-corrected chi connectivity index (χ1v) is 14.1. The molecule has 5 rings (SSSR count). The van der Waals surface area contributed by atoms with Crippen molar-refractivity contribution in [1.29, 1.82) is 0 Å². The first-order valence-electron chi connectivity index (χ1n) is 14.1. The van der Waals surface area contributed by atoms with Crippen LogP contribution in [0.5, 0.6) is 23.0 Å². The number of methoxy groups -OCH3 is 2. The SMILES string of the molecule is CCCCOc1ccc(C2c3c(-c4ccc(OC)cc4)n[nH]c3C(=O)N2CCc2ccc(OC)cc2)cc1OCC. The molecule has 8 heteroatoms. The maximum absolute atomic E-state index is 13.9. The van der Waals surface area contributed by atoms with Gasteiger partial charge in [0.25, 0.3) is 5.91 Å². The first-order chi connectivity index (χ1) is 20.1. The highest BCUT2D eigenvalue weighted by Gasteiger charge is 2.42. The standard InChI is InChI=1S/C33H37N3O5/c1-5-7-20-41-27-17-12-24(21-28(27)40-6-2)32-29-30(23-10-15-26(39-4)16-11-23)34-35-31(29)33(37)36(32)19-18-22-8-13-25(38-3)14-9-22/h8-17,21,32H,5-7,18-20H2,1-4H3,(H,34,35). The Morgan fingerprint density at radius 1 is 0.878 bits per heavy atom. The van der Waals surface area contributed by atoms with Gasteiger partial charge >= 0.3 is 0 Å². The normalized spacial score (nSPS) is 14.2. The van der Waals surface area contributed by atoms with Gasteiger partial charge in [-0.05, 0) is 79.4 Å². The summed E-state index contributed by atoms with van der Waals surface area (Å²) in [6, 6.07) is 21.3. The molecular weight excluding hydrogens is 518 g/mol. The summed E-state index contributed by atoms with van der Waals surface area (Å²) in [5.74, 6) is 2.87. The van der Waals surface area contributed by atoms with E-state index in [1.807, 2.05) is 78.6 Å². The van der Waals surface area contributed by atoms with Crippen molar-refractivity contribution in [3.8, 4) is 34.3 Å². The predicted octanol–water partition coefficient (Wildman–Crippen LogP) is 6.46. The lowest BCUT2D eigenvalue weighted by molar-refractivity contribution is 0.0745. The topological polar surface area (TPSA) is 85.9 Å². The number of amides is 1. The van der Waals surface area contributed by atoms with Gasteiger partial charge in [-0.25, -0.2) is 0 Å². The maximum atomic E-state index is 13.9. The third-order valence-electron chi connectivity index (χ3n) is 7.37. The zero-order valence-corrected chi connectivity index (χ0v) is 24.1. The summed E-state index contributed by atoms with van der Waals surface area (Å²) in [7, 11) is 3.30. The Hall–Kier alpha value is -4.46. The molecule has 8 nitrogen and oxygen atoms in total. The molecule has 41 heavy (non-hydrogen) atoms. The smallest absolute Gasteiger partial charge is 0.273 e. The van der Waals surface area contributed by atoms with Gasteiger partial charge in [-0.15, -0.1) is 0 Å². The van der Waals surface area contributed by atoms with Crippen molar-refractivity contribution in [2.45, 2.75) is 39.2 Å². The number of H-pyrrole nitrogens is 1. The third-order valence-corrected chi connectivity index (χ3v) is 7.37. The van der Waals surface area contributed by atoms with Crippen molar-refractivity contribution >= 4 is 5.91 Å². The average molecular weight is 556 g/mol. The lowest BCUT2D eigenvalue weighted by atomic mass is 9.95. The largest absolute Gasteiger partial charge is 0.497 e. The molecule has 1 aromatic heterocycles. The van der Waals surface area contributed by atoms with Crippen molar-refractivity contribution in [2.24, 2.45) is 0 Å². The summed E-state index contributed by atoms with van der Waals surface area (Å²) in [6.07, 6.45) is 2.71. The zero-order chi connectivity index (χ0) is 28.8. The Morgan fingerprint density at radius 3 is 2.24 bits per heavy atom. The molecule has 0 fully saturated rings. The molecule has 2 heterocycles. The van der Waals surface area contributed by atoms with Gasteiger partial charge in [0.1, 0.15) is 17.2 Å². The second-order valence-corrected chi connectivity index (χ2v) is 9.93. The number of unbranched alkanes of at least 4 members (excludes halogenated alkanes) is 1. The highest BCUT2D eigenvalue weighted by molar-refractivity contribution is 6.00. The van der Waals surface area contributed by atoms with E-state index in [2.05, 4.69) is 17.1 Å². The number of carbonyl (C=O) groups is 1. The van der Waals surface area contributed by atoms with Gasteiger partial charge in [0, 0.05) is 17.7 Å². The number of rotatable bonds is 13. The minimum absolute atomic E-state index is 0.0768. The molecule has 3 aromatic carbocycles. The Morgan fingerprint density at radius 2 is 1.59 bits per heavy atom. The number of fused-ring (bicyclic) bond motifs is 1. The minimum atomic E-state index is -0.351. The predicted molar refractivity (Wildman–Crippen MR) is 158 cm³/mol. The van der Waals surface area contributed by atoms with Crippen molar-refractivity contribution in [3.05, 3.63) is 89.1 Å². The van der Waals surface area contributed by atoms with E-state index in [4.69, 9.17) is 18.9 Å². The number of aromatic amines is 1. The van der Waals surface area contributed by atoms with Crippen LogP contribution in [-0.4, -0.2) is 55.0 Å². The molecule has 4 aromatic rings. The van der Waals surface area contributed by atoms with E-state index in [0.29, 0.717) is 43.4 Å². The summed E-state index contributed by atoms with van der Waals surface area (Å²) in [5, 5.41) is 7.65. The van der Waals surface area contributed by atoms with Crippen LogP contribution in [0.4, 0.5) is 0 Å². The fraction of sp³-hybridized carbons (Fsp3) is 0.333. The average Bonchev–Trinajstić information content (AvgIpc) is 3.56. The minimum Gasteiger partial charge on any atom is -0.497 e.